The van der Waals surface area contributed by atoms with Crippen LogP contribution < -0.4 is 5.32 Å². The van der Waals surface area contributed by atoms with E-state index in [-0.39, 0.29) is 5.91 Å². The zero-order chi connectivity index (χ0) is 13.8. The Labute approximate surface area is 123 Å². The molecule has 0 aromatic heterocycles. The molecule has 1 aromatic carbocycles. The van der Waals surface area contributed by atoms with Crippen LogP contribution >= 0.6 is 23.2 Å². The molecule has 0 radical (unpaired) electrons. The fourth-order valence-electron chi connectivity index (χ4n) is 2.33. The summed E-state index contributed by atoms with van der Waals surface area (Å²) in [6.45, 7) is 1.88. The topological polar surface area (TPSA) is 32.3 Å². The molecule has 0 spiro atoms. The average Bonchev–Trinajstić information content (AvgIpc) is 2.93. The Morgan fingerprint density at radius 2 is 2.26 bits per heavy atom. The lowest BCUT2D eigenvalue weighted by Gasteiger charge is -2.23. The summed E-state index contributed by atoms with van der Waals surface area (Å²) in [5, 5.41) is 4.37. The van der Waals surface area contributed by atoms with E-state index in [2.05, 4.69) is 5.32 Å². The molecule has 1 atom stereocenters. The third kappa shape index (κ3) is 3.62. The van der Waals surface area contributed by atoms with Crippen LogP contribution in [0, 0.1) is 0 Å². The van der Waals surface area contributed by atoms with E-state index in [1.807, 2.05) is 24.1 Å². The van der Waals surface area contributed by atoms with Crippen LogP contribution in [0.4, 0.5) is 0 Å². The van der Waals surface area contributed by atoms with Crippen LogP contribution in [0.3, 0.4) is 0 Å². The normalized spacial score (nSPS) is 18.6. The molecular formula is C14H18Cl2N2O. The van der Waals surface area contributed by atoms with Crippen molar-refractivity contribution in [3.63, 3.8) is 0 Å². The summed E-state index contributed by atoms with van der Waals surface area (Å²) in [4.78, 5) is 14.0. The zero-order valence-electron chi connectivity index (χ0n) is 11.0. The minimum atomic E-state index is 0.157. The van der Waals surface area contributed by atoms with E-state index in [1.54, 1.807) is 6.07 Å². The molecule has 2 rings (SSSR count). The van der Waals surface area contributed by atoms with Gasteiger partial charge in [0.1, 0.15) is 0 Å². The number of nitrogens with zero attached hydrogens (tertiary/aromatic N) is 1. The van der Waals surface area contributed by atoms with Crippen molar-refractivity contribution in [1.29, 1.82) is 0 Å². The molecule has 0 saturated carbocycles. The van der Waals surface area contributed by atoms with E-state index >= 15 is 0 Å². The highest BCUT2D eigenvalue weighted by atomic mass is 35.5. The Bertz CT molecular complexity index is 459. The predicted octanol–water partition coefficient (Wildman–Crippen LogP) is 2.75. The Kier molecular flexibility index (Phi) is 5.08. The third-order valence-electron chi connectivity index (χ3n) is 3.62. The molecule has 1 aliphatic heterocycles. The van der Waals surface area contributed by atoms with E-state index in [0.29, 0.717) is 28.9 Å². The number of hydrogen-bond acceptors (Lipinski definition) is 2. The van der Waals surface area contributed by atoms with Crippen molar-refractivity contribution in [3.05, 3.63) is 33.8 Å². The molecule has 1 N–H and O–H groups in total. The van der Waals surface area contributed by atoms with Gasteiger partial charge in [-0.2, -0.15) is 0 Å². The van der Waals surface area contributed by atoms with Crippen LogP contribution in [0.5, 0.6) is 0 Å². The molecular weight excluding hydrogens is 283 g/mol. The maximum absolute atomic E-state index is 12.1. The number of halogens is 2. The van der Waals surface area contributed by atoms with Crippen molar-refractivity contribution < 1.29 is 4.79 Å². The van der Waals surface area contributed by atoms with Crippen molar-refractivity contribution in [3.8, 4) is 0 Å². The predicted molar refractivity (Wildman–Crippen MR) is 78.8 cm³/mol. The fourth-order valence-corrected chi connectivity index (χ4v) is 2.75. The standard InChI is InChI=1S/C14H18Cl2N2O/c1-18(11-7-8-17-9-11)13(19)6-5-10-3-2-4-12(15)14(10)16/h2-4,11,17H,5-9H2,1H3/t11-/m0/s1. The van der Waals surface area contributed by atoms with Crippen LogP contribution in [0.1, 0.15) is 18.4 Å². The van der Waals surface area contributed by atoms with Crippen molar-refractivity contribution in [2.45, 2.75) is 25.3 Å². The molecule has 0 bridgehead atoms. The molecule has 1 amide bonds. The molecule has 5 heteroatoms. The molecule has 104 valence electrons. The number of amides is 1. The first-order valence-corrected chi connectivity index (χ1v) is 7.24. The highest BCUT2D eigenvalue weighted by molar-refractivity contribution is 6.42. The van der Waals surface area contributed by atoms with Crippen LogP contribution in [0.2, 0.25) is 10.0 Å². The number of carbonyl (C=O) groups excluding carboxylic acids is 1. The maximum atomic E-state index is 12.1. The van der Waals surface area contributed by atoms with Crippen LogP contribution in [-0.2, 0) is 11.2 Å². The van der Waals surface area contributed by atoms with Gasteiger partial charge in [-0.1, -0.05) is 35.3 Å². The number of rotatable bonds is 4. The highest BCUT2D eigenvalue weighted by Crippen LogP contribution is 2.26. The molecule has 1 fully saturated rings. The SMILES string of the molecule is CN(C(=O)CCc1cccc(Cl)c1Cl)[C@H]1CCNC1. The van der Waals surface area contributed by atoms with E-state index in [9.17, 15) is 4.79 Å². The van der Waals surface area contributed by atoms with Gasteiger partial charge in [0.25, 0.3) is 0 Å². The second-order valence-corrected chi connectivity index (χ2v) is 5.65. The van der Waals surface area contributed by atoms with E-state index in [1.165, 1.54) is 0 Å². The summed E-state index contributed by atoms with van der Waals surface area (Å²) in [5.74, 6) is 0.157. The lowest BCUT2D eigenvalue weighted by molar-refractivity contribution is -0.131. The average molecular weight is 301 g/mol. The molecule has 1 aromatic rings. The Hall–Kier alpha value is -0.770. The minimum Gasteiger partial charge on any atom is -0.341 e. The van der Waals surface area contributed by atoms with Gasteiger partial charge in [-0.05, 0) is 31.0 Å². The zero-order valence-corrected chi connectivity index (χ0v) is 12.5. The van der Waals surface area contributed by atoms with Gasteiger partial charge in [0.15, 0.2) is 0 Å². The molecule has 19 heavy (non-hydrogen) atoms. The van der Waals surface area contributed by atoms with E-state index in [4.69, 9.17) is 23.2 Å². The number of carbonyl (C=O) groups is 1. The smallest absolute Gasteiger partial charge is 0.222 e. The minimum absolute atomic E-state index is 0.157. The van der Waals surface area contributed by atoms with Crippen molar-refractivity contribution in [2.24, 2.45) is 0 Å². The summed E-state index contributed by atoms with van der Waals surface area (Å²) < 4.78 is 0. The van der Waals surface area contributed by atoms with E-state index in [0.717, 1.165) is 25.1 Å². The second kappa shape index (κ2) is 6.60. The van der Waals surface area contributed by atoms with Crippen LogP contribution in [0.25, 0.3) is 0 Å². The summed E-state index contributed by atoms with van der Waals surface area (Å²) in [6.07, 6.45) is 2.12. The first-order chi connectivity index (χ1) is 9.09. The van der Waals surface area contributed by atoms with Gasteiger partial charge in [-0.25, -0.2) is 0 Å². The van der Waals surface area contributed by atoms with Crippen LogP contribution in [0.15, 0.2) is 18.2 Å². The number of nitrogens with one attached hydrogen (secondary N) is 1. The summed E-state index contributed by atoms with van der Waals surface area (Å²) in [6, 6.07) is 5.85. The summed E-state index contributed by atoms with van der Waals surface area (Å²) >= 11 is 12.1. The third-order valence-corrected chi connectivity index (χ3v) is 4.47. The molecule has 3 nitrogen and oxygen atoms in total. The molecule has 1 heterocycles. The first-order valence-electron chi connectivity index (χ1n) is 6.49. The molecule has 1 aliphatic rings. The number of hydrogen-bond donors (Lipinski definition) is 1. The number of aryl methyl sites for hydroxylation is 1. The quantitative estimate of drug-likeness (QED) is 0.927. The molecule has 0 aliphatic carbocycles. The lowest BCUT2D eigenvalue weighted by atomic mass is 10.1. The largest absolute Gasteiger partial charge is 0.341 e. The van der Waals surface area contributed by atoms with Gasteiger partial charge in [0.2, 0.25) is 5.91 Å². The summed E-state index contributed by atoms with van der Waals surface area (Å²) in [7, 11) is 1.87. The number of benzene rings is 1. The van der Waals surface area contributed by atoms with Gasteiger partial charge >= 0.3 is 0 Å². The van der Waals surface area contributed by atoms with Crippen molar-refractivity contribution >= 4 is 29.1 Å². The van der Waals surface area contributed by atoms with Gasteiger partial charge in [0, 0.05) is 26.1 Å². The Balaban J connectivity index is 1.91. The Morgan fingerprint density at radius 1 is 1.47 bits per heavy atom. The second-order valence-electron chi connectivity index (χ2n) is 4.86. The van der Waals surface area contributed by atoms with Crippen molar-refractivity contribution in [1.82, 2.24) is 10.2 Å². The molecule has 1 saturated heterocycles. The maximum Gasteiger partial charge on any atom is 0.222 e. The van der Waals surface area contributed by atoms with Gasteiger partial charge in [-0.15, -0.1) is 0 Å². The van der Waals surface area contributed by atoms with Gasteiger partial charge in [0.05, 0.1) is 10.0 Å². The van der Waals surface area contributed by atoms with Crippen LogP contribution in [-0.4, -0.2) is 37.0 Å². The van der Waals surface area contributed by atoms with E-state index < -0.39 is 0 Å². The van der Waals surface area contributed by atoms with Gasteiger partial charge < -0.3 is 10.2 Å². The first kappa shape index (κ1) is 14.6. The van der Waals surface area contributed by atoms with Crippen molar-refractivity contribution in [2.75, 3.05) is 20.1 Å². The molecule has 0 unspecified atom stereocenters. The fraction of sp³-hybridized carbons (Fsp3) is 0.500. The Morgan fingerprint density at radius 3 is 2.95 bits per heavy atom. The lowest BCUT2D eigenvalue weighted by Crippen LogP contribution is -2.38. The highest BCUT2D eigenvalue weighted by Gasteiger charge is 2.22. The monoisotopic (exact) mass is 300 g/mol. The summed E-state index contributed by atoms with van der Waals surface area (Å²) in [5.41, 5.74) is 0.931. The number of likely N-dealkylation sites (N-methyl/N-ethyl adjacent to an activating group) is 1. The van der Waals surface area contributed by atoms with Gasteiger partial charge in [-0.3, -0.25) is 4.79 Å².